The summed E-state index contributed by atoms with van der Waals surface area (Å²) in [5.74, 6) is -7.17. The molecule has 0 saturated carbocycles. The Morgan fingerprint density at radius 1 is 0.958 bits per heavy atom. The van der Waals surface area contributed by atoms with E-state index in [2.05, 4.69) is 20.7 Å². The number of halogens is 7. The van der Waals surface area contributed by atoms with E-state index in [0.29, 0.717) is 40.9 Å². The van der Waals surface area contributed by atoms with Gasteiger partial charge in [0.15, 0.2) is 6.04 Å². The van der Waals surface area contributed by atoms with Gasteiger partial charge in [-0.25, -0.2) is 13.2 Å². The van der Waals surface area contributed by atoms with Gasteiger partial charge >= 0.3 is 12.1 Å². The average molecular weight is 783 g/mol. The summed E-state index contributed by atoms with van der Waals surface area (Å²) in [4.78, 5) is 23.8. The predicted octanol–water partition coefficient (Wildman–Crippen LogP) is 6.23. The molecule has 0 spiro atoms. The van der Waals surface area contributed by atoms with Gasteiger partial charge in [0.05, 0.1) is 4.90 Å². The number of benzene rings is 3. The lowest BCUT2D eigenvalue weighted by atomic mass is 9.95. The van der Waals surface area contributed by atoms with Crippen molar-refractivity contribution >= 4 is 49.4 Å². The van der Waals surface area contributed by atoms with Gasteiger partial charge in [0.25, 0.3) is 5.92 Å². The molecule has 0 radical (unpaired) electrons. The molecule has 4 N–H and O–H groups in total. The molecule has 260 valence electrons. The highest BCUT2D eigenvalue weighted by Crippen LogP contribution is 2.40. The lowest BCUT2D eigenvalue weighted by molar-refractivity contribution is -0.192. The van der Waals surface area contributed by atoms with Crippen LogP contribution in [0.3, 0.4) is 0 Å². The molecule has 2 unspecified atom stereocenters. The monoisotopic (exact) mass is 781 g/mol. The molecule has 2 saturated heterocycles. The van der Waals surface area contributed by atoms with Gasteiger partial charge < -0.3 is 20.5 Å². The van der Waals surface area contributed by atoms with Crippen molar-refractivity contribution in [2.75, 3.05) is 0 Å². The maximum absolute atomic E-state index is 16.1. The number of carbonyl (C=O) groups is 2. The van der Waals surface area contributed by atoms with Crippen molar-refractivity contribution in [3.8, 4) is 5.75 Å². The van der Waals surface area contributed by atoms with Crippen molar-refractivity contribution in [2.45, 2.75) is 73.5 Å². The average Bonchev–Trinajstić information content (AvgIpc) is 3.30. The number of nitrogens with zero attached hydrogens (tertiary/aromatic N) is 1. The number of nitrogens with one attached hydrogen (secondary N) is 1. The summed E-state index contributed by atoms with van der Waals surface area (Å²) in [6.07, 6.45) is -2.82. The van der Waals surface area contributed by atoms with Crippen LogP contribution >= 0.6 is 27.5 Å². The molecule has 2 aliphatic heterocycles. The van der Waals surface area contributed by atoms with Gasteiger partial charge in [-0.15, -0.1) is 0 Å². The van der Waals surface area contributed by atoms with Gasteiger partial charge in [0.2, 0.25) is 15.9 Å². The molecule has 3 atom stereocenters. The Morgan fingerprint density at radius 2 is 1.48 bits per heavy atom. The Kier molecular flexibility index (Phi) is 11.8. The number of nitrogens with two attached hydrogens (primary N) is 1. The highest BCUT2D eigenvalue weighted by Gasteiger charge is 2.53. The lowest BCUT2D eigenvalue weighted by Crippen LogP contribution is -2.60. The summed E-state index contributed by atoms with van der Waals surface area (Å²) in [6.45, 7) is 0.222. The number of fused-ring (bicyclic) bond motifs is 2. The van der Waals surface area contributed by atoms with Crippen LogP contribution in [0.4, 0.5) is 22.0 Å². The second-order valence-electron chi connectivity index (χ2n) is 11.2. The molecule has 2 bridgehead atoms. The second kappa shape index (κ2) is 15.1. The molecule has 5 rings (SSSR count). The number of hydrogen-bond acceptors (Lipinski definition) is 6. The zero-order valence-corrected chi connectivity index (χ0v) is 28.0. The van der Waals surface area contributed by atoms with Crippen LogP contribution < -0.4 is 15.2 Å². The SMILES string of the molecule is NC1CC2CCC(C1)N2C(=O)[C@H](NS(=O)(=O)c1ccc(OCc2ccc(Cl)cc2)cc1)C(F)(F)c1ccc(Br)cc1.O=C(O)C(F)(F)F. The molecule has 2 aliphatic rings. The molecule has 9 nitrogen and oxygen atoms in total. The molecule has 48 heavy (non-hydrogen) atoms. The van der Waals surface area contributed by atoms with Crippen molar-refractivity contribution in [3.05, 3.63) is 93.4 Å². The van der Waals surface area contributed by atoms with Crippen molar-refractivity contribution in [2.24, 2.45) is 5.73 Å². The number of carboxylic acid groups (broad SMARTS) is 1. The highest BCUT2D eigenvalue weighted by molar-refractivity contribution is 9.10. The van der Waals surface area contributed by atoms with Crippen LogP contribution in [0, 0.1) is 0 Å². The summed E-state index contributed by atoms with van der Waals surface area (Å²) < 4.78 is 99.0. The Bertz CT molecular complexity index is 1680. The minimum absolute atomic E-state index is 0.126. The van der Waals surface area contributed by atoms with Gasteiger partial charge in [0, 0.05) is 33.2 Å². The van der Waals surface area contributed by atoms with E-state index in [1.165, 1.54) is 53.4 Å². The highest BCUT2D eigenvalue weighted by atomic mass is 79.9. The molecule has 1 amide bonds. The molecule has 2 heterocycles. The third kappa shape index (κ3) is 9.22. The molecule has 2 fully saturated rings. The predicted molar refractivity (Wildman–Crippen MR) is 169 cm³/mol. The summed E-state index contributed by atoms with van der Waals surface area (Å²) in [7, 11) is -4.54. The fraction of sp³-hybridized carbons (Fsp3) is 0.355. The smallest absolute Gasteiger partial charge is 0.489 e. The van der Waals surface area contributed by atoms with Crippen LogP contribution in [0.2, 0.25) is 5.02 Å². The Hall–Kier alpha value is -3.31. The van der Waals surface area contributed by atoms with Crippen LogP contribution in [-0.4, -0.2) is 60.6 Å². The molecule has 0 aliphatic carbocycles. The third-order valence-corrected chi connectivity index (χ3v) is 10.1. The van der Waals surface area contributed by atoms with Crippen molar-refractivity contribution in [1.29, 1.82) is 0 Å². The Labute approximate surface area is 286 Å². The number of carbonyl (C=O) groups excluding carboxylic acids is 1. The quantitative estimate of drug-likeness (QED) is 0.219. The number of alkyl halides is 5. The first-order valence-electron chi connectivity index (χ1n) is 14.4. The van der Waals surface area contributed by atoms with Gasteiger partial charge in [0.1, 0.15) is 12.4 Å². The van der Waals surface area contributed by atoms with E-state index in [0.717, 1.165) is 5.56 Å². The molecule has 17 heteroatoms. The van der Waals surface area contributed by atoms with Crippen LogP contribution in [0.25, 0.3) is 0 Å². The number of ether oxygens (including phenoxy) is 1. The summed E-state index contributed by atoms with van der Waals surface area (Å²) in [5.41, 5.74) is 6.50. The number of aliphatic carboxylic acids is 1. The van der Waals surface area contributed by atoms with Crippen molar-refractivity contribution < 1.29 is 49.8 Å². The van der Waals surface area contributed by atoms with E-state index in [-0.39, 0.29) is 29.6 Å². The fourth-order valence-corrected chi connectivity index (χ4v) is 7.11. The van der Waals surface area contributed by atoms with Gasteiger partial charge in [-0.3, -0.25) is 4.79 Å². The fourth-order valence-electron chi connectivity index (χ4n) is 5.53. The van der Waals surface area contributed by atoms with Crippen LogP contribution in [0.15, 0.2) is 82.2 Å². The standard InChI is InChI=1S/C29H29BrClF2N3O4S.C2HF3O2/c30-20-5-3-19(4-6-20)29(32,33)27(28(37)36-23-9-10-24(36)16-22(34)15-23)35-41(38,39)26-13-11-25(12-14-26)40-17-18-1-7-21(31)8-2-18;3-2(4,5)1(6)7/h1-8,11-14,22-24,27,35H,9-10,15-17,34H2;(H,6,7)/t22?,23?,24?,27-;/m0./s1. The van der Waals surface area contributed by atoms with Gasteiger partial charge in [-0.1, -0.05) is 51.8 Å². The zero-order chi connectivity index (χ0) is 35.4. The largest absolute Gasteiger partial charge is 0.490 e. The molecular formula is C31H30BrClF5N3O6S. The number of rotatable bonds is 9. The molecule has 0 aromatic heterocycles. The molecule has 3 aromatic carbocycles. The van der Waals surface area contributed by atoms with E-state index < -0.39 is 45.6 Å². The first kappa shape index (κ1) is 37.5. The summed E-state index contributed by atoms with van der Waals surface area (Å²) in [6, 6.07) is 14.5. The second-order valence-corrected chi connectivity index (χ2v) is 14.3. The maximum atomic E-state index is 16.1. The number of piperidine rings is 1. The van der Waals surface area contributed by atoms with E-state index in [9.17, 15) is 26.4 Å². The number of carboxylic acids is 1. The summed E-state index contributed by atoms with van der Waals surface area (Å²) in [5, 5.41) is 7.72. The first-order chi connectivity index (χ1) is 22.4. The van der Waals surface area contributed by atoms with Crippen LogP contribution in [0.5, 0.6) is 5.75 Å². The van der Waals surface area contributed by atoms with Crippen molar-refractivity contribution in [3.63, 3.8) is 0 Å². The third-order valence-electron chi connectivity index (χ3n) is 7.83. The molecular weight excluding hydrogens is 753 g/mol. The Morgan fingerprint density at radius 3 is 1.98 bits per heavy atom. The van der Waals surface area contributed by atoms with Crippen molar-refractivity contribution in [1.82, 2.24) is 9.62 Å². The number of sulfonamides is 1. The van der Waals surface area contributed by atoms with E-state index in [1.54, 1.807) is 24.3 Å². The minimum atomic E-state index is -5.08. The normalized spacial score (nSPS) is 20.0. The van der Waals surface area contributed by atoms with Gasteiger partial charge in [-0.2, -0.15) is 26.7 Å². The Balaban J connectivity index is 0.000000671. The minimum Gasteiger partial charge on any atom is -0.489 e. The van der Waals surface area contributed by atoms with E-state index in [1.807, 2.05) is 0 Å². The summed E-state index contributed by atoms with van der Waals surface area (Å²) >= 11 is 9.12. The lowest BCUT2D eigenvalue weighted by Gasteiger charge is -2.41. The zero-order valence-electron chi connectivity index (χ0n) is 24.8. The van der Waals surface area contributed by atoms with Crippen LogP contribution in [0.1, 0.15) is 36.8 Å². The number of amides is 1. The van der Waals surface area contributed by atoms with Gasteiger partial charge in [-0.05, 0) is 79.8 Å². The van der Waals surface area contributed by atoms with E-state index >= 15 is 8.78 Å². The molecule has 3 aromatic rings. The number of hydrogen-bond donors (Lipinski definition) is 3. The van der Waals surface area contributed by atoms with Crippen LogP contribution in [-0.2, 0) is 32.1 Å². The topological polar surface area (TPSA) is 139 Å². The first-order valence-corrected chi connectivity index (χ1v) is 17.0. The maximum Gasteiger partial charge on any atom is 0.490 e. The van der Waals surface area contributed by atoms with E-state index in [4.69, 9.17) is 32.0 Å².